The number of nitrogens with zero attached hydrogens (tertiary/aromatic N) is 2. The molecule has 0 fully saturated rings. The minimum atomic E-state index is 0.830. The Labute approximate surface area is 112 Å². The average Bonchev–Trinajstić information content (AvgIpc) is 2.74. The molecule has 19 heavy (non-hydrogen) atoms. The van der Waals surface area contributed by atoms with Crippen LogP contribution in [-0.4, -0.2) is 22.7 Å². The van der Waals surface area contributed by atoms with Gasteiger partial charge in [-0.05, 0) is 24.3 Å². The number of fused-ring (bicyclic) bond motifs is 1. The van der Waals surface area contributed by atoms with Gasteiger partial charge >= 0.3 is 0 Å². The van der Waals surface area contributed by atoms with E-state index in [0.29, 0.717) is 0 Å². The van der Waals surface area contributed by atoms with Gasteiger partial charge in [-0.25, -0.2) is 4.98 Å². The SMILES string of the molecule is C1=CCC=NC(CCNc2ccc3cc[nH]c3n2)=C1. The number of aromatic amines is 1. The van der Waals surface area contributed by atoms with Crippen molar-refractivity contribution in [2.75, 3.05) is 11.9 Å². The molecule has 4 nitrogen and oxygen atoms in total. The van der Waals surface area contributed by atoms with Gasteiger partial charge in [0.2, 0.25) is 0 Å². The molecule has 2 N–H and O–H groups in total. The van der Waals surface area contributed by atoms with E-state index in [1.165, 1.54) is 0 Å². The Hall–Kier alpha value is -2.36. The maximum Gasteiger partial charge on any atom is 0.139 e. The largest absolute Gasteiger partial charge is 0.370 e. The number of aromatic nitrogens is 2. The van der Waals surface area contributed by atoms with E-state index < -0.39 is 0 Å². The molecule has 0 amide bonds. The van der Waals surface area contributed by atoms with Crippen molar-refractivity contribution in [3.63, 3.8) is 0 Å². The molecule has 0 spiro atoms. The lowest BCUT2D eigenvalue weighted by molar-refractivity contribution is 0.973. The van der Waals surface area contributed by atoms with Crippen molar-refractivity contribution in [3.05, 3.63) is 48.3 Å². The molecule has 0 atom stereocenters. The van der Waals surface area contributed by atoms with Crippen molar-refractivity contribution in [3.8, 4) is 0 Å². The molecule has 0 saturated heterocycles. The molecular formula is C15H16N4. The minimum Gasteiger partial charge on any atom is -0.370 e. The van der Waals surface area contributed by atoms with Crippen LogP contribution >= 0.6 is 0 Å². The molecule has 0 unspecified atom stereocenters. The van der Waals surface area contributed by atoms with Crippen LogP contribution in [0.2, 0.25) is 0 Å². The number of hydrogen-bond donors (Lipinski definition) is 2. The first-order valence-corrected chi connectivity index (χ1v) is 6.48. The van der Waals surface area contributed by atoms with Gasteiger partial charge in [0, 0.05) is 42.9 Å². The highest BCUT2D eigenvalue weighted by Gasteiger charge is 1.99. The summed E-state index contributed by atoms with van der Waals surface area (Å²) in [6.07, 6.45) is 11.9. The molecule has 0 aliphatic carbocycles. The van der Waals surface area contributed by atoms with E-state index in [1.54, 1.807) is 0 Å². The average molecular weight is 252 g/mol. The van der Waals surface area contributed by atoms with Crippen LogP contribution in [-0.2, 0) is 0 Å². The molecule has 2 aromatic rings. The number of pyridine rings is 1. The molecule has 0 bridgehead atoms. The van der Waals surface area contributed by atoms with Gasteiger partial charge in [0.15, 0.2) is 0 Å². The number of H-pyrrole nitrogens is 1. The quantitative estimate of drug-likeness (QED) is 0.877. The molecule has 0 aromatic carbocycles. The predicted octanol–water partition coefficient (Wildman–Crippen LogP) is 3.28. The Balaban J connectivity index is 1.59. The zero-order valence-corrected chi connectivity index (χ0v) is 10.6. The van der Waals surface area contributed by atoms with Gasteiger partial charge in [-0.1, -0.05) is 12.2 Å². The van der Waals surface area contributed by atoms with E-state index in [0.717, 1.165) is 41.9 Å². The molecule has 0 saturated carbocycles. The lowest BCUT2D eigenvalue weighted by atomic mass is 10.3. The van der Waals surface area contributed by atoms with Gasteiger partial charge in [0.1, 0.15) is 11.5 Å². The number of anilines is 1. The normalized spacial score (nSPS) is 14.4. The van der Waals surface area contributed by atoms with E-state index in [-0.39, 0.29) is 0 Å². The highest BCUT2D eigenvalue weighted by Crippen LogP contribution is 2.14. The lowest BCUT2D eigenvalue weighted by Gasteiger charge is -2.05. The van der Waals surface area contributed by atoms with E-state index in [9.17, 15) is 0 Å². The van der Waals surface area contributed by atoms with Crippen molar-refractivity contribution >= 4 is 23.1 Å². The van der Waals surface area contributed by atoms with E-state index in [2.05, 4.69) is 44.6 Å². The summed E-state index contributed by atoms with van der Waals surface area (Å²) in [5.74, 6) is 0.892. The van der Waals surface area contributed by atoms with Crippen LogP contribution in [0, 0.1) is 0 Å². The maximum atomic E-state index is 4.50. The molecule has 1 aliphatic heterocycles. The highest BCUT2D eigenvalue weighted by atomic mass is 15.0. The third kappa shape index (κ3) is 2.91. The second kappa shape index (κ2) is 5.52. The summed E-state index contributed by atoms with van der Waals surface area (Å²) in [5, 5.41) is 4.46. The zero-order chi connectivity index (χ0) is 12.9. The fourth-order valence-electron chi connectivity index (χ4n) is 2.03. The van der Waals surface area contributed by atoms with Crippen LogP contribution in [0.15, 0.2) is 53.3 Å². The number of allylic oxidation sites excluding steroid dienone is 3. The number of hydrogen-bond acceptors (Lipinski definition) is 3. The van der Waals surface area contributed by atoms with Crippen molar-refractivity contribution in [2.45, 2.75) is 12.8 Å². The van der Waals surface area contributed by atoms with E-state index in [4.69, 9.17) is 0 Å². The Morgan fingerprint density at radius 1 is 1.26 bits per heavy atom. The van der Waals surface area contributed by atoms with Gasteiger partial charge in [0.25, 0.3) is 0 Å². The minimum absolute atomic E-state index is 0.830. The van der Waals surface area contributed by atoms with Crippen LogP contribution in [0.4, 0.5) is 5.82 Å². The van der Waals surface area contributed by atoms with Crippen LogP contribution < -0.4 is 5.32 Å². The van der Waals surface area contributed by atoms with Crippen molar-refractivity contribution in [1.29, 1.82) is 0 Å². The van der Waals surface area contributed by atoms with Crippen LogP contribution in [0.25, 0.3) is 11.0 Å². The summed E-state index contributed by atoms with van der Waals surface area (Å²) in [6.45, 7) is 0.830. The second-order valence-corrected chi connectivity index (χ2v) is 4.42. The highest BCUT2D eigenvalue weighted by molar-refractivity contribution is 5.77. The van der Waals surface area contributed by atoms with Gasteiger partial charge in [-0.3, -0.25) is 4.99 Å². The third-order valence-corrected chi connectivity index (χ3v) is 3.02. The Morgan fingerprint density at radius 3 is 3.26 bits per heavy atom. The van der Waals surface area contributed by atoms with Crippen LogP contribution in [0.1, 0.15) is 12.8 Å². The standard InChI is InChI=1S/C15H16N4/c1-2-4-13(16-9-3-1)8-11-17-14-6-5-12-7-10-18-15(12)19-14/h1-2,4-7,9-10H,3,8,11H2,(H2,17,18,19). The van der Waals surface area contributed by atoms with Crippen molar-refractivity contribution in [1.82, 2.24) is 9.97 Å². The monoisotopic (exact) mass is 252 g/mol. The maximum absolute atomic E-state index is 4.50. The summed E-state index contributed by atoms with van der Waals surface area (Å²) < 4.78 is 0. The number of aliphatic imine (C=N–C) groups is 1. The zero-order valence-electron chi connectivity index (χ0n) is 10.6. The molecule has 3 heterocycles. The number of rotatable bonds is 4. The Kier molecular flexibility index (Phi) is 3.40. The molecule has 1 aliphatic rings. The van der Waals surface area contributed by atoms with Gasteiger partial charge in [-0.2, -0.15) is 0 Å². The first-order chi connectivity index (χ1) is 9.42. The predicted molar refractivity (Wildman–Crippen MR) is 79.5 cm³/mol. The first-order valence-electron chi connectivity index (χ1n) is 6.48. The lowest BCUT2D eigenvalue weighted by Crippen LogP contribution is -2.03. The van der Waals surface area contributed by atoms with Crippen LogP contribution in [0.5, 0.6) is 0 Å². The summed E-state index contributed by atoms with van der Waals surface area (Å²) in [4.78, 5) is 12.0. The van der Waals surface area contributed by atoms with Crippen LogP contribution in [0.3, 0.4) is 0 Å². The fourth-order valence-corrected chi connectivity index (χ4v) is 2.03. The summed E-state index contributed by atoms with van der Waals surface area (Å²) in [7, 11) is 0. The third-order valence-electron chi connectivity index (χ3n) is 3.02. The Morgan fingerprint density at radius 2 is 2.26 bits per heavy atom. The molecule has 0 radical (unpaired) electrons. The summed E-state index contributed by atoms with van der Waals surface area (Å²) in [5.41, 5.74) is 2.02. The van der Waals surface area contributed by atoms with Gasteiger partial charge in [0.05, 0.1) is 0 Å². The molecular weight excluding hydrogens is 236 g/mol. The summed E-state index contributed by atoms with van der Waals surface area (Å²) in [6, 6.07) is 6.08. The van der Waals surface area contributed by atoms with Gasteiger partial charge < -0.3 is 10.3 Å². The Bertz CT molecular complexity index is 649. The fraction of sp³-hybridized carbons (Fsp3) is 0.200. The van der Waals surface area contributed by atoms with E-state index >= 15 is 0 Å². The first kappa shape index (κ1) is 11.7. The van der Waals surface area contributed by atoms with Crippen molar-refractivity contribution < 1.29 is 0 Å². The molecule has 3 rings (SSSR count). The number of nitrogens with one attached hydrogen (secondary N) is 2. The smallest absolute Gasteiger partial charge is 0.139 e. The van der Waals surface area contributed by atoms with Gasteiger partial charge in [-0.15, -0.1) is 0 Å². The molecule has 96 valence electrons. The molecule has 4 heteroatoms. The summed E-state index contributed by atoms with van der Waals surface area (Å²) >= 11 is 0. The second-order valence-electron chi connectivity index (χ2n) is 4.42. The molecule has 2 aromatic heterocycles. The van der Waals surface area contributed by atoms with E-state index in [1.807, 2.05) is 24.5 Å². The van der Waals surface area contributed by atoms with Crippen molar-refractivity contribution in [2.24, 2.45) is 4.99 Å². The topological polar surface area (TPSA) is 53.1 Å².